The minimum atomic E-state index is -0.880. The third-order valence-electron chi connectivity index (χ3n) is 5.42. The zero-order valence-corrected chi connectivity index (χ0v) is 19.4. The molecule has 0 spiro atoms. The number of methoxy groups -OCH3 is 1. The van der Waals surface area contributed by atoms with E-state index in [1.165, 1.54) is 36.3 Å². The van der Waals surface area contributed by atoms with Crippen molar-refractivity contribution >= 4 is 23.1 Å². The van der Waals surface area contributed by atoms with Gasteiger partial charge in [0, 0.05) is 38.0 Å². The molecule has 180 valence electrons. The Morgan fingerprint density at radius 1 is 1.12 bits per heavy atom. The van der Waals surface area contributed by atoms with Crippen molar-refractivity contribution in [3.8, 4) is 5.75 Å². The number of ether oxygens (including phenoxy) is 2. The Hall–Kier alpha value is -3.72. The number of aliphatic hydroxyl groups excluding tert-OH is 1. The van der Waals surface area contributed by atoms with Crippen LogP contribution in [0.1, 0.15) is 37.4 Å². The number of non-ortho nitro benzene ring substituents is 1. The molecule has 1 saturated heterocycles. The van der Waals surface area contributed by atoms with Crippen molar-refractivity contribution < 1.29 is 29.1 Å². The molecule has 0 aromatic heterocycles. The van der Waals surface area contributed by atoms with Gasteiger partial charge in [0.2, 0.25) is 0 Å². The first-order chi connectivity index (χ1) is 16.2. The summed E-state index contributed by atoms with van der Waals surface area (Å²) in [5, 5.41) is 22.1. The molecule has 0 radical (unpaired) electrons. The van der Waals surface area contributed by atoms with Crippen LogP contribution < -0.4 is 4.74 Å². The Labute approximate surface area is 197 Å². The number of nitro groups is 1. The standard InChI is InChI=1S/C25H28N2O7/c1-16(2)15-34-20-11-7-18(8-12-20)23(28)21-22(17-5-9-19(10-6-17)27(31)32)26(13-4-14-33-3)25(30)24(21)29/h5-12,16,22,28H,4,13-15H2,1-3H3/b23-21+. The largest absolute Gasteiger partial charge is 0.507 e. The van der Waals surface area contributed by atoms with Crippen molar-refractivity contribution in [1.82, 2.24) is 4.90 Å². The second kappa shape index (κ2) is 10.9. The summed E-state index contributed by atoms with van der Waals surface area (Å²) in [6, 6.07) is 11.3. The number of Topliss-reactive ketones (excluding diaryl/α,β-unsaturated/α-hetero) is 1. The molecule has 34 heavy (non-hydrogen) atoms. The summed E-state index contributed by atoms with van der Waals surface area (Å²) in [7, 11) is 1.54. The Morgan fingerprint density at radius 2 is 1.76 bits per heavy atom. The van der Waals surface area contributed by atoms with Gasteiger partial charge in [0.15, 0.2) is 0 Å². The monoisotopic (exact) mass is 468 g/mol. The smallest absolute Gasteiger partial charge is 0.295 e. The zero-order valence-electron chi connectivity index (χ0n) is 19.4. The van der Waals surface area contributed by atoms with Gasteiger partial charge in [0.25, 0.3) is 17.4 Å². The third kappa shape index (κ3) is 5.43. The number of amides is 1. The average Bonchev–Trinajstić information content (AvgIpc) is 3.08. The van der Waals surface area contributed by atoms with Gasteiger partial charge in [-0.25, -0.2) is 0 Å². The van der Waals surface area contributed by atoms with E-state index in [2.05, 4.69) is 0 Å². The SMILES string of the molecule is COCCCN1C(=O)C(=O)/C(=C(/O)c2ccc(OCC(C)C)cc2)C1c1ccc([N+](=O)[O-])cc1. The first kappa shape index (κ1) is 24.9. The topological polar surface area (TPSA) is 119 Å². The summed E-state index contributed by atoms with van der Waals surface area (Å²) in [4.78, 5) is 37.8. The van der Waals surface area contributed by atoms with Gasteiger partial charge in [0.1, 0.15) is 11.5 Å². The number of rotatable bonds is 10. The molecule has 1 aliphatic heterocycles. The summed E-state index contributed by atoms with van der Waals surface area (Å²) in [6.07, 6.45) is 0.481. The molecule has 2 aromatic rings. The molecule has 1 fully saturated rings. The van der Waals surface area contributed by atoms with Crippen molar-refractivity contribution in [2.45, 2.75) is 26.3 Å². The quantitative estimate of drug-likeness (QED) is 0.139. The number of likely N-dealkylation sites (tertiary alicyclic amines) is 1. The van der Waals surface area contributed by atoms with E-state index in [9.17, 15) is 24.8 Å². The fourth-order valence-corrected chi connectivity index (χ4v) is 3.74. The maximum absolute atomic E-state index is 13.0. The molecule has 1 aliphatic rings. The van der Waals surface area contributed by atoms with Gasteiger partial charge in [-0.2, -0.15) is 0 Å². The van der Waals surface area contributed by atoms with Crippen LogP contribution in [-0.4, -0.2) is 53.5 Å². The van der Waals surface area contributed by atoms with Gasteiger partial charge in [-0.15, -0.1) is 0 Å². The lowest BCUT2D eigenvalue weighted by atomic mass is 9.95. The van der Waals surface area contributed by atoms with Crippen LogP contribution in [0.3, 0.4) is 0 Å². The Balaban J connectivity index is 2.02. The number of carbonyl (C=O) groups is 2. The molecule has 2 aromatic carbocycles. The molecule has 1 atom stereocenters. The van der Waals surface area contributed by atoms with E-state index in [0.29, 0.717) is 42.4 Å². The highest BCUT2D eigenvalue weighted by molar-refractivity contribution is 6.46. The van der Waals surface area contributed by atoms with Crippen LogP contribution in [0.15, 0.2) is 54.1 Å². The second-order valence-corrected chi connectivity index (χ2v) is 8.42. The van der Waals surface area contributed by atoms with Crippen molar-refractivity contribution in [2.75, 3.05) is 26.9 Å². The maximum atomic E-state index is 13.0. The summed E-state index contributed by atoms with van der Waals surface area (Å²) >= 11 is 0. The highest BCUT2D eigenvalue weighted by Crippen LogP contribution is 2.40. The van der Waals surface area contributed by atoms with Crippen molar-refractivity contribution in [2.24, 2.45) is 5.92 Å². The Bertz CT molecular complexity index is 1080. The number of ketones is 1. The molecular weight excluding hydrogens is 440 g/mol. The van der Waals surface area contributed by atoms with E-state index in [4.69, 9.17) is 9.47 Å². The van der Waals surface area contributed by atoms with E-state index in [-0.39, 0.29) is 23.6 Å². The molecule has 0 bridgehead atoms. The van der Waals surface area contributed by atoms with E-state index >= 15 is 0 Å². The minimum Gasteiger partial charge on any atom is -0.507 e. The molecule has 1 heterocycles. The lowest BCUT2D eigenvalue weighted by molar-refractivity contribution is -0.384. The third-order valence-corrected chi connectivity index (χ3v) is 5.42. The zero-order chi connectivity index (χ0) is 24.8. The van der Waals surface area contributed by atoms with Crippen molar-refractivity contribution in [1.29, 1.82) is 0 Å². The number of hydrogen-bond donors (Lipinski definition) is 1. The van der Waals surface area contributed by atoms with E-state index in [1.807, 2.05) is 13.8 Å². The van der Waals surface area contributed by atoms with E-state index in [1.54, 1.807) is 24.3 Å². The fourth-order valence-electron chi connectivity index (χ4n) is 3.74. The first-order valence-electron chi connectivity index (χ1n) is 11.0. The van der Waals surface area contributed by atoms with Gasteiger partial charge >= 0.3 is 0 Å². The van der Waals surface area contributed by atoms with Crippen LogP contribution in [0.25, 0.3) is 5.76 Å². The predicted molar refractivity (Wildman–Crippen MR) is 125 cm³/mol. The fraction of sp³-hybridized carbons (Fsp3) is 0.360. The normalized spacial score (nSPS) is 17.4. The first-order valence-corrected chi connectivity index (χ1v) is 11.0. The Kier molecular flexibility index (Phi) is 8.01. The summed E-state index contributed by atoms with van der Waals surface area (Å²) < 4.78 is 10.7. The molecular formula is C25H28N2O7. The molecule has 3 rings (SSSR count). The van der Waals surface area contributed by atoms with Crippen LogP contribution in [0.2, 0.25) is 0 Å². The van der Waals surface area contributed by atoms with Gasteiger partial charge < -0.3 is 19.5 Å². The van der Waals surface area contributed by atoms with Crippen LogP contribution in [0, 0.1) is 16.0 Å². The highest BCUT2D eigenvalue weighted by atomic mass is 16.6. The molecule has 1 amide bonds. The van der Waals surface area contributed by atoms with Crippen LogP contribution in [-0.2, 0) is 14.3 Å². The molecule has 9 nitrogen and oxygen atoms in total. The summed E-state index contributed by atoms with van der Waals surface area (Å²) in [6.45, 7) is 5.21. The molecule has 0 saturated carbocycles. The maximum Gasteiger partial charge on any atom is 0.295 e. The van der Waals surface area contributed by atoms with Crippen LogP contribution in [0.5, 0.6) is 5.75 Å². The number of hydrogen-bond acceptors (Lipinski definition) is 7. The number of aliphatic hydroxyl groups is 1. The van der Waals surface area contributed by atoms with E-state index < -0.39 is 22.7 Å². The molecule has 9 heteroatoms. The number of benzene rings is 2. The van der Waals surface area contributed by atoms with Gasteiger partial charge in [-0.05, 0) is 54.3 Å². The number of carbonyl (C=O) groups excluding carboxylic acids is 2. The van der Waals surface area contributed by atoms with Gasteiger partial charge in [0.05, 0.1) is 23.1 Å². The lowest BCUT2D eigenvalue weighted by Crippen LogP contribution is -2.31. The molecule has 1 unspecified atom stereocenters. The van der Waals surface area contributed by atoms with Crippen molar-refractivity contribution in [3.63, 3.8) is 0 Å². The second-order valence-electron chi connectivity index (χ2n) is 8.42. The molecule has 0 aliphatic carbocycles. The average molecular weight is 469 g/mol. The van der Waals surface area contributed by atoms with E-state index in [0.717, 1.165) is 0 Å². The van der Waals surface area contributed by atoms with Crippen molar-refractivity contribution in [3.05, 3.63) is 75.3 Å². The predicted octanol–water partition coefficient (Wildman–Crippen LogP) is 4.09. The lowest BCUT2D eigenvalue weighted by Gasteiger charge is -2.25. The van der Waals surface area contributed by atoms with Crippen LogP contribution >= 0.6 is 0 Å². The molecule has 1 N–H and O–H groups in total. The highest BCUT2D eigenvalue weighted by Gasteiger charge is 2.45. The minimum absolute atomic E-state index is 0.0629. The summed E-state index contributed by atoms with van der Waals surface area (Å²) in [5.41, 5.74) is 0.670. The van der Waals surface area contributed by atoms with Crippen LogP contribution in [0.4, 0.5) is 5.69 Å². The summed E-state index contributed by atoms with van der Waals surface area (Å²) in [5.74, 6) is -0.885. The number of nitrogens with zero attached hydrogens (tertiary/aromatic N) is 2. The van der Waals surface area contributed by atoms with Gasteiger partial charge in [-0.3, -0.25) is 19.7 Å². The number of nitro benzene ring substituents is 1. The Morgan fingerprint density at radius 3 is 2.32 bits per heavy atom. The van der Waals surface area contributed by atoms with Gasteiger partial charge in [-0.1, -0.05) is 13.8 Å².